The Bertz CT molecular complexity index is 1040. The van der Waals surface area contributed by atoms with Crippen LogP contribution in [0.3, 0.4) is 0 Å². The SMILES string of the molecule is Cc1cc(NC2CCN(C)CC2)cc(C2=NN=C(c3ccc(C(F)(F)F)c(Cl)c3)C2)c1. The van der Waals surface area contributed by atoms with Crippen LogP contribution in [0.5, 0.6) is 0 Å². The van der Waals surface area contributed by atoms with E-state index in [9.17, 15) is 13.2 Å². The fraction of sp³-hybridized carbons (Fsp3) is 0.391. The molecule has 2 aromatic carbocycles. The highest BCUT2D eigenvalue weighted by molar-refractivity contribution is 6.32. The average Bonchev–Trinajstić information content (AvgIpc) is 3.19. The minimum atomic E-state index is -4.48. The summed E-state index contributed by atoms with van der Waals surface area (Å²) in [4.78, 5) is 2.33. The topological polar surface area (TPSA) is 40.0 Å². The van der Waals surface area contributed by atoms with Crippen molar-refractivity contribution in [3.05, 3.63) is 63.7 Å². The van der Waals surface area contributed by atoms with Crippen molar-refractivity contribution in [2.75, 3.05) is 25.5 Å². The average molecular weight is 449 g/mol. The van der Waals surface area contributed by atoms with Crippen molar-refractivity contribution < 1.29 is 13.2 Å². The number of alkyl halides is 3. The maximum absolute atomic E-state index is 13.0. The molecule has 0 unspecified atom stereocenters. The number of anilines is 1. The summed E-state index contributed by atoms with van der Waals surface area (Å²) >= 11 is 5.87. The summed E-state index contributed by atoms with van der Waals surface area (Å²) in [5.41, 5.74) is 4.24. The van der Waals surface area contributed by atoms with Crippen molar-refractivity contribution in [1.82, 2.24) is 4.90 Å². The molecule has 1 N–H and O–H groups in total. The van der Waals surface area contributed by atoms with Gasteiger partial charge in [-0.05, 0) is 81.4 Å². The molecular formula is C23H24ClF3N4. The number of nitrogens with one attached hydrogen (secondary N) is 1. The van der Waals surface area contributed by atoms with E-state index >= 15 is 0 Å². The number of benzene rings is 2. The van der Waals surface area contributed by atoms with E-state index in [0.717, 1.165) is 54.5 Å². The summed E-state index contributed by atoms with van der Waals surface area (Å²) in [5.74, 6) is 0. The molecule has 0 bridgehead atoms. The van der Waals surface area contributed by atoms with E-state index in [1.54, 1.807) is 0 Å². The first kappa shape index (κ1) is 21.8. The third-order valence-electron chi connectivity index (χ3n) is 5.73. The minimum Gasteiger partial charge on any atom is -0.382 e. The molecule has 8 heteroatoms. The van der Waals surface area contributed by atoms with Crippen molar-refractivity contribution in [3.63, 3.8) is 0 Å². The van der Waals surface area contributed by atoms with Gasteiger partial charge in [-0.2, -0.15) is 23.4 Å². The van der Waals surface area contributed by atoms with Crippen LogP contribution >= 0.6 is 11.6 Å². The fourth-order valence-corrected chi connectivity index (χ4v) is 4.30. The number of halogens is 4. The first-order chi connectivity index (χ1) is 14.7. The Morgan fingerprint density at radius 3 is 2.32 bits per heavy atom. The number of nitrogens with zero attached hydrogens (tertiary/aromatic N) is 3. The van der Waals surface area contributed by atoms with Crippen LogP contribution in [0.1, 0.15) is 41.5 Å². The standard InChI is InChI=1S/C23H24ClF3N4/c1-14-9-16(11-18(10-14)28-17-5-7-31(2)8-6-17)22-13-21(29-30-22)15-3-4-19(20(24)12-15)23(25,26)27/h3-4,9-12,17,28H,5-8,13H2,1-2H3. The molecule has 4 nitrogen and oxygen atoms in total. The Kier molecular flexibility index (Phi) is 6.08. The zero-order valence-corrected chi connectivity index (χ0v) is 18.2. The first-order valence-electron chi connectivity index (χ1n) is 10.3. The predicted octanol–water partition coefficient (Wildman–Crippen LogP) is 5.77. The van der Waals surface area contributed by atoms with Gasteiger partial charge in [-0.3, -0.25) is 0 Å². The van der Waals surface area contributed by atoms with Crippen LogP contribution in [-0.4, -0.2) is 42.5 Å². The van der Waals surface area contributed by atoms with Crippen LogP contribution in [0.25, 0.3) is 0 Å². The summed E-state index contributed by atoms with van der Waals surface area (Å²) in [5, 5.41) is 11.8. The lowest BCUT2D eigenvalue weighted by Crippen LogP contribution is -2.36. The molecular weight excluding hydrogens is 425 g/mol. The van der Waals surface area contributed by atoms with Crippen molar-refractivity contribution in [1.29, 1.82) is 0 Å². The molecule has 0 atom stereocenters. The van der Waals surface area contributed by atoms with Gasteiger partial charge in [0, 0.05) is 23.7 Å². The predicted molar refractivity (Wildman–Crippen MR) is 119 cm³/mol. The van der Waals surface area contributed by atoms with Gasteiger partial charge in [-0.1, -0.05) is 17.7 Å². The zero-order chi connectivity index (χ0) is 22.2. The Balaban J connectivity index is 1.47. The van der Waals surface area contributed by atoms with Crippen LogP contribution < -0.4 is 5.32 Å². The quantitative estimate of drug-likeness (QED) is 0.645. The molecule has 2 aromatic rings. The third kappa shape index (κ3) is 5.10. The minimum absolute atomic E-state index is 0.332. The lowest BCUT2D eigenvalue weighted by atomic mass is 9.98. The van der Waals surface area contributed by atoms with E-state index < -0.39 is 11.7 Å². The molecule has 2 aliphatic heterocycles. The molecule has 2 aliphatic rings. The first-order valence-corrected chi connectivity index (χ1v) is 10.6. The summed E-state index contributed by atoms with van der Waals surface area (Å²) in [7, 11) is 2.14. The fourth-order valence-electron chi connectivity index (χ4n) is 4.02. The van der Waals surface area contributed by atoms with Gasteiger partial charge in [0.05, 0.1) is 22.0 Å². The van der Waals surface area contributed by atoms with Gasteiger partial charge in [0.2, 0.25) is 0 Å². The monoisotopic (exact) mass is 448 g/mol. The Labute approximate surface area is 184 Å². The largest absolute Gasteiger partial charge is 0.417 e. The smallest absolute Gasteiger partial charge is 0.382 e. The summed E-state index contributed by atoms with van der Waals surface area (Å²) in [6, 6.07) is 10.4. The Hall–Kier alpha value is -2.38. The van der Waals surface area contributed by atoms with Crippen molar-refractivity contribution in [2.45, 2.75) is 38.4 Å². The number of likely N-dealkylation sites (tertiary alicyclic amines) is 1. The molecule has 0 aromatic heterocycles. The lowest BCUT2D eigenvalue weighted by Gasteiger charge is -2.30. The highest BCUT2D eigenvalue weighted by Crippen LogP contribution is 2.35. The van der Waals surface area contributed by atoms with E-state index in [1.165, 1.54) is 12.1 Å². The number of rotatable bonds is 4. The van der Waals surface area contributed by atoms with E-state index in [1.807, 2.05) is 6.92 Å². The maximum Gasteiger partial charge on any atom is 0.417 e. The molecule has 164 valence electrons. The van der Waals surface area contributed by atoms with Gasteiger partial charge in [0.15, 0.2) is 0 Å². The van der Waals surface area contributed by atoms with Crippen LogP contribution in [0, 0.1) is 6.92 Å². The molecule has 0 saturated carbocycles. The van der Waals surface area contributed by atoms with Crippen LogP contribution in [-0.2, 0) is 6.18 Å². The molecule has 1 fully saturated rings. The van der Waals surface area contributed by atoms with Crippen molar-refractivity contribution >= 4 is 28.7 Å². The van der Waals surface area contributed by atoms with Gasteiger partial charge in [-0.25, -0.2) is 0 Å². The molecule has 0 spiro atoms. The van der Waals surface area contributed by atoms with E-state index in [2.05, 4.69) is 45.7 Å². The van der Waals surface area contributed by atoms with Crippen LogP contribution in [0.2, 0.25) is 5.02 Å². The summed E-state index contributed by atoms with van der Waals surface area (Å²) in [6.07, 6.45) is -1.84. The third-order valence-corrected chi connectivity index (χ3v) is 6.05. The molecule has 0 aliphatic carbocycles. The number of hydrogen-bond acceptors (Lipinski definition) is 4. The molecule has 1 saturated heterocycles. The van der Waals surface area contributed by atoms with Crippen molar-refractivity contribution in [3.8, 4) is 0 Å². The number of piperidine rings is 1. The van der Waals surface area contributed by atoms with Gasteiger partial charge in [0.1, 0.15) is 0 Å². The molecule has 2 heterocycles. The Morgan fingerprint density at radius 1 is 1.00 bits per heavy atom. The van der Waals surface area contributed by atoms with E-state index in [4.69, 9.17) is 11.6 Å². The van der Waals surface area contributed by atoms with Gasteiger partial charge in [0.25, 0.3) is 0 Å². The second kappa shape index (κ2) is 8.63. The summed E-state index contributed by atoms with van der Waals surface area (Å²) < 4.78 is 38.9. The highest BCUT2D eigenvalue weighted by Gasteiger charge is 2.33. The second-order valence-corrected chi connectivity index (χ2v) is 8.68. The Morgan fingerprint density at radius 2 is 1.68 bits per heavy atom. The van der Waals surface area contributed by atoms with E-state index in [0.29, 0.717) is 23.7 Å². The van der Waals surface area contributed by atoms with Crippen LogP contribution in [0.4, 0.5) is 18.9 Å². The highest BCUT2D eigenvalue weighted by atomic mass is 35.5. The summed E-state index contributed by atoms with van der Waals surface area (Å²) in [6.45, 7) is 4.20. The molecule has 4 rings (SSSR count). The van der Waals surface area contributed by atoms with E-state index in [-0.39, 0.29) is 5.02 Å². The number of aryl methyl sites for hydroxylation is 1. The molecule has 0 amide bonds. The molecule has 0 radical (unpaired) electrons. The lowest BCUT2D eigenvalue weighted by molar-refractivity contribution is -0.137. The molecule has 31 heavy (non-hydrogen) atoms. The zero-order valence-electron chi connectivity index (χ0n) is 17.4. The maximum atomic E-state index is 13.0. The van der Waals surface area contributed by atoms with Gasteiger partial charge in [-0.15, -0.1) is 0 Å². The van der Waals surface area contributed by atoms with Crippen molar-refractivity contribution in [2.24, 2.45) is 10.2 Å². The van der Waals surface area contributed by atoms with Gasteiger partial charge >= 0.3 is 6.18 Å². The normalized spacial score (nSPS) is 18.1. The second-order valence-electron chi connectivity index (χ2n) is 8.27. The number of hydrogen-bond donors (Lipinski definition) is 1. The van der Waals surface area contributed by atoms with Gasteiger partial charge < -0.3 is 10.2 Å². The van der Waals surface area contributed by atoms with Crippen LogP contribution in [0.15, 0.2) is 46.6 Å².